The van der Waals surface area contributed by atoms with Gasteiger partial charge in [0.1, 0.15) is 0 Å². The van der Waals surface area contributed by atoms with Gasteiger partial charge in [-0.3, -0.25) is 9.59 Å². The van der Waals surface area contributed by atoms with Crippen LogP contribution in [0.1, 0.15) is 30.4 Å². The highest BCUT2D eigenvalue weighted by Crippen LogP contribution is 2.05. The summed E-state index contributed by atoms with van der Waals surface area (Å²) in [6, 6.07) is 7.71. The van der Waals surface area contributed by atoms with Crippen LogP contribution in [0.4, 0.5) is 0 Å². The largest absolute Gasteiger partial charge is 0.396 e. The Morgan fingerprint density at radius 1 is 1.05 bits per heavy atom. The van der Waals surface area contributed by atoms with Crippen molar-refractivity contribution >= 4 is 11.8 Å². The third kappa shape index (κ3) is 5.84. The smallest absolute Gasteiger partial charge is 0.309 e. The third-order valence-corrected chi connectivity index (χ3v) is 3.03. The molecule has 0 heterocycles. The van der Waals surface area contributed by atoms with E-state index in [1.54, 1.807) is 0 Å². The normalized spacial score (nSPS) is 10.1. The van der Waals surface area contributed by atoms with Gasteiger partial charge in [-0.05, 0) is 37.3 Å². The number of benzene rings is 1. The van der Waals surface area contributed by atoms with Gasteiger partial charge < -0.3 is 15.7 Å². The second-order valence-corrected chi connectivity index (χ2v) is 4.65. The first-order valence-electron chi connectivity index (χ1n) is 6.86. The first-order valence-corrected chi connectivity index (χ1v) is 6.86. The van der Waals surface area contributed by atoms with Crippen molar-refractivity contribution in [2.75, 3.05) is 13.2 Å². The maximum absolute atomic E-state index is 11.6. The number of aliphatic hydroxyl groups is 1. The molecule has 0 aromatic heterocycles. The molecule has 0 saturated heterocycles. The SMILES string of the molecule is Cc1ccccc1CNC(=O)C(=O)NCCCCCO. The van der Waals surface area contributed by atoms with Crippen LogP contribution in [0.15, 0.2) is 24.3 Å². The van der Waals surface area contributed by atoms with E-state index in [0.29, 0.717) is 13.1 Å². The lowest BCUT2D eigenvalue weighted by Crippen LogP contribution is -2.40. The topological polar surface area (TPSA) is 78.4 Å². The van der Waals surface area contributed by atoms with Crippen LogP contribution in [-0.4, -0.2) is 30.1 Å². The second-order valence-electron chi connectivity index (χ2n) is 4.65. The van der Waals surface area contributed by atoms with Gasteiger partial charge in [-0.2, -0.15) is 0 Å². The number of hydrogen-bond donors (Lipinski definition) is 3. The lowest BCUT2D eigenvalue weighted by Gasteiger charge is -2.08. The highest BCUT2D eigenvalue weighted by atomic mass is 16.3. The molecule has 0 atom stereocenters. The summed E-state index contributed by atoms with van der Waals surface area (Å²) in [5, 5.41) is 13.8. The van der Waals surface area contributed by atoms with Crippen molar-refractivity contribution in [3.63, 3.8) is 0 Å². The molecule has 20 heavy (non-hydrogen) atoms. The van der Waals surface area contributed by atoms with Crippen LogP contribution >= 0.6 is 0 Å². The molecule has 1 aromatic carbocycles. The standard InChI is InChI=1S/C15H22N2O3/c1-12-7-3-4-8-13(12)11-17-15(20)14(19)16-9-5-2-6-10-18/h3-4,7-8,18H,2,5-6,9-11H2,1H3,(H,16,19)(H,17,20). The van der Waals surface area contributed by atoms with E-state index in [1.807, 2.05) is 31.2 Å². The maximum Gasteiger partial charge on any atom is 0.309 e. The number of nitrogens with one attached hydrogen (secondary N) is 2. The number of rotatable bonds is 7. The Morgan fingerprint density at radius 3 is 2.45 bits per heavy atom. The summed E-state index contributed by atoms with van der Waals surface area (Å²) in [4.78, 5) is 23.1. The molecule has 110 valence electrons. The molecular weight excluding hydrogens is 256 g/mol. The van der Waals surface area contributed by atoms with Gasteiger partial charge in [-0.1, -0.05) is 24.3 Å². The molecule has 0 aliphatic carbocycles. The molecule has 0 saturated carbocycles. The number of amides is 2. The van der Waals surface area contributed by atoms with E-state index in [1.165, 1.54) is 0 Å². The lowest BCUT2D eigenvalue weighted by molar-refractivity contribution is -0.139. The quantitative estimate of drug-likeness (QED) is 0.512. The van der Waals surface area contributed by atoms with Crippen molar-refractivity contribution in [1.29, 1.82) is 0 Å². The maximum atomic E-state index is 11.6. The van der Waals surface area contributed by atoms with Crippen LogP contribution in [-0.2, 0) is 16.1 Å². The predicted molar refractivity (Wildman–Crippen MR) is 77.0 cm³/mol. The molecule has 0 bridgehead atoms. The fraction of sp³-hybridized carbons (Fsp3) is 0.467. The fourth-order valence-electron chi connectivity index (χ4n) is 1.76. The van der Waals surface area contributed by atoms with Gasteiger partial charge in [0.15, 0.2) is 0 Å². The van der Waals surface area contributed by atoms with E-state index in [4.69, 9.17) is 5.11 Å². The molecular formula is C15H22N2O3. The number of unbranched alkanes of at least 4 members (excludes halogenated alkanes) is 2. The number of carbonyl (C=O) groups excluding carboxylic acids is 2. The Labute approximate surface area is 119 Å². The number of carbonyl (C=O) groups is 2. The zero-order chi connectivity index (χ0) is 14.8. The van der Waals surface area contributed by atoms with Crippen LogP contribution in [0.2, 0.25) is 0 Å². The lowest BCUT2D eigenvalue weighted by atomic mass is 10.1. The van der Waals surface area contributed by atoms with E-state index in [9.17, 15) is 9.59 Å². The van der Waals surface area contributed by atoms with E-state index in [-0.39, 0.29) is 6.61 Å². The minimum Gasteiger partial charge on any atom is -0.396 e. The highest BCUT2D eigenvalue weighted by molar-refractivity contribution is 6.35. The average molecular weight is 278 g/mol. The number of hydrogen-bond acceptors (Lipinski definition) is 3. The molecule has 3 N–H and O–H groups in total. The third-order valence-electron chi connectivity index (χ3n) is 3.03. The number of aryl methyl sites for hydroxylation is 1. The summed E-state index contributed by atoms with van der Waals surface area (Å²) in [6.07, 6.45) is 2.31. The summed E-state index contributed by atoms with van der Waals surface area (Å²) in [7, 11) is 0. The zero-order valence-electron chi connectivity index (χ0n) is 11.8. The summed E-state index contributed by atoms with van der Waals surface area (Å²) >= 11 is 0. The summed E-state index contributed by atoms with van der Waals surface area (Å²) < 4.78 is 0. The van der Waals surface area contributed by atoms with Crippen molar-refractivity contribution in [3.8, 4) is 0 Å². The second kappa shape index (κ2) is 9.09. The average Bonchev–Trinajstić information content (AvgIpc) is 2.45. The van der Waals surface area contributed by atoms with Gasteiger partial charge in [0.25, 0.3) is 0 Å². The van der Waals surface area contributed by atoms with Gasteiger partial charge in [-0.25, -0.2) is 0 Å². The molecule has 0 spiro atoms. The zero-order valence-corrected chi connectivity index (χ0v) is 11.8. The van der Waals surface area contributed by atoms with E-state index in [2.05, 4.69) is 10.6 Å². The Kier molecular flexibility index (Phi) is 7.35. The minimum atomic E-state index is -0.615. The molecule has 0 fully saturated rings. The van der Waals surface area contributed by atoms with Gasteiger partial charge in [-0.15, -0.1) is 0 Å². The minimum absolute atomic E-state index is 0.158. The van der Waals surface area contributed by atoms with Crippen molar-refractivity contribution in [2.24, 2.45) is 0 Å². The summed E-state index contributed by atoms with van der Waals surface area (Å²) in [5.41, 5.74) is 2.08. The van der Waals surface area contributed by atoms with E-state index in [0.717, 1.165) is 30.4 Å². The van der Waals surface area contributed by atoms with Crippen molar-refractivity contribution < 1.29 is 14.7 Å². The molecule has 1 rings (SSSR count). The molecule has 0 unspecified atom stereocenters. The molecule has 5 nitrogen and oxygen atoms in total. The highest BCUT2D eigenvalue weighted by Gasteiger charge is 2.12. The first kappa shape index (κ1) is 16.2. The summed E-state index contributed by atoms with van der Waals surface area (Å²) in [5.74, 6) is -1.22. The number of aliphatic hydroxyl groups excluding tert-OH is 1. The van der Waals surface area contributed by atoms with Crippen LogP contribution in [0, 0.1) is 6.92 Å². The first-order chi connectivity index (χ1) is 9.65. The van der Waals surface area contributed by atoms with Crippen LogP contribution in [0.25, 0.3) is 0 Å². The molecule has 0 radical (unpaired) electrons. The Hall–Kier alpha value is -1.88. The molecule has 0 aliphatic heterocycles. The molecule has 2 amide bonds. The van der Waals surface area contributed by atoms with Crippen molar-refractivity contribution in [1.82, 2.24) is 10.6 Å². The Balaban J connectivity index is 2.25. The van der Waals surface area contributed by atoms with Gasteiger partial charge in [0.05, 0.1) is 0 Å². The molecule has 5 heteroatoms. The summed E-state index contributed by atoms with van der Waals surface area (Å²) in [6.45, 7) is 2.92. The molecule has 1 aromatic rings. The van der Waals surface area contributed by atoms with Gasteiger partial charge in [0.2, 0.25) is 0 Å². The monoisotopic (exact) mass is 278 g/mol. The van der Waals surface area contributed by atoms with Crippen molar-refractivity contribution in [3.05, 3.63) is 35.4 Å². The van der Waals surface area contributed by atoms with Crippen LogP contribution < -0.4 is 10.6 Å². The predicted octanol–water partition coefficient (Wildman–Crippen LogP) is 0.890. The van der Waals surface area contributed by atoms with E-state index >= 15 is 0 Å². The van der Waals surface area contributed by atoms with Crippen molar-refractivity contribution in [2.45, 2.75) is 32.7 Å². The van der Waals surface area contributed by atoms with Gasteiger partial charge in [0, 0.05) is 19.7 Å². The fourth-order valence-corrected chi connectivity index (χ4v) is 1.76. The van der Waals surface area contributed by atoms with Crippen LogP contribution in [0.3, 0.4) is 0 Å². The Bertz CT molecular complexity index is 446. The Morgan fingerprint density at radius 2 is 1.75 bits per heavy atom. The van der Waals surface area contributed by atoms with Crippen LogP contribution in [0.5, 0.6) is 0 Å². The van der Waals surface area contributed by atoms with E-state index < -0.39 is 11.8 Å². The van der Waals surface area contributed by atoms with Gasteiger partial charge >= 0.3 is 11.8 Å². The molecule has 0 aliphatic rings.